The van der Waals surface area contributed by atoms with Crippen molar-refractivity contribution in [1.29, 1.82) is 0 Å². The molecule has 0 aliphatic heterocycles. The largest absolute Gasteiger partial charge is 0.380 e. The molecule has 1 N–H and O–H groups in total. The second kappa shape index (κ2) is 5.72. The quantitative estimate of drug-likeness (QED) is 0.934. The van der Waals surface area contributed by atoms with Crippen molar-refractivity contribution in [2.45, 2.75) is 44.0 Å². The number of hydrogen-bond acceptors (Lipinski definition) is 5. The normalized spacial score (nSPS) is 12.4. The van der Waals surface area contributed by atoms with Crippen LogP contribution in [0.1, 0.15) is 32.0 Å². The van der Waals surface area contributed by atoms with Crippen molar-refractivity contribution in [3.63, 3.8) is 0 Å². The predicted molar refractivity (Wildman–Crippen MR) is 86.4 cm³/mol. The van der Waals surface area contributed by atoms with Gasteiger partial charge in [-0.05, 0) is 39.8 Å². The molecular weight excluding hydrogens is 300 g/mol. The molecule has 0 aliphatic carbocycles. The lowest BCUT2D eigenvalue weighted by Gasteiger charge is -2.18. The van der Waals surface area contributed by atoms with Crippen molar-refractivity contribution in [2.75, 3.05) is 5.32 Å². The standard InChI is InChI=1S/C15H22N4O2S/c1-11-12(9-18-19(11)5)8-16-13-6-7-14(17-10-13)22(20,21)15(2,3)4/h6-7,9-10,16H,8H2,1-5H3. The van der Waals surface area contributed by atoms with Gasteiger partial charge in [-0.1, -0.05) is 0 Å². The molecular formula is C15H22N4O2S. The highest BCUT2D eigenvalue weighted by atomic mass is 32.2. The van der Waals surface area contributed by atoms with Gasteiger partial charge >= 0.3 is 0 Å². The average Bonchev–Trinajstić information content (AvgIpc) is 2.76. The van der Waals surface area contributed by atoms with Crippen LogP contribution in [0.15, 0.2) is 29.6 Å². The van der Waals surface area contributed by atoms with Gasteiger partial charge in [0.05, 0.1) is 22.8 Å². The van der Waals surface area contributed by atoms with Crippen molar-refractivity contribution in [3.05, 3.63) is 35.8 Å². The molecule has 6 nitrogen and oxygen atoms in total. The van der Waals surface area contributed by atoms with E-state index in [2.05, 4.69) is 15.4 Å². The van der Waals surface area contributed by atoms with Gasteiger partial charge < -0.3 is 5.32 Å². The van der Waals surface area contributed by atoms with Crippen LogP contribution in [0.4, 0.5) is 5.69 Å². The fourth-order valence-corrected chi connectivity index (χ4v) is 2.94. The number of anilines is 1. The Balaban J connectivity index is 2.12. The average molecular weight is 322 g/mol. The van der Waals surface area contributed by atoms with Gasteiger partial charge in [0, 0.05) is 24.8 Å². The summed E-state index contributed by atoms with van der Waals surface area (Å²) in [5, 5.41) is 7.51. The lowest BCUT2D eigenvalue weighted by atomic mass is 10.2. The number of aromatic nitrogens is 3. The Bertz CT molecular complexity index is 756. The molecule has 0 unspecified atom stereocenters. The first-order chi connectivity index (χ1) is 10.1. The third-order valence-corrected chi connectivity index (χ3v) is 6.04. The number of pyridine rings is 1. The summed E-state index contributed by atoms with van der Waals surface area (Å²) in [4.78, 5) is 4.09. The van der Waals surface area contributed by atoms with Crippen LogP contribution in [0.5, 0.6) is 0 Å². The Hall–Kier alpha value is -1.89. The van der Waals surface area contributed by atoms with Gasteiger partial charge in [0.25, 0.3) is 0 Å². The van der Waals surface area contributed by atoms with E-state index in [4.69, 9.17) is 0 Å². The Morgan fingerprint density at radius 1 is 1.23 bits per heavy atom. The molecule has 0 radical (unpaired) electrons. The second-order valence-electron chi connectivity index (χ2n) is 6.23. The summed E-state index contributed by atoms with van der Waals surface area (Å²) in [5.41, 5.74) is 2.96. The Kier molecular flexibility index (Phi) is 4.28. The Morgan fingerprint density at radius 2 is 1.91 bits per heavy atom. The summed E-state index contributed by atoms with van der Waals surface area (Å²) >= 11 is 0. The molecule has 0 bridgehead atoms. The summed E-state index contributed by atoms with van der Waals surface area (Å²) in [6.45, 7) is 7.62. The summed E-state index contributed by atoms with van der Waals surface area (Å²) in [5.74, 6) is 0. The molecule has 0 saturated carbocycles. The summed E-state index contributed by atoms with van der Waals surface area (Å²) < 4.78 is 25.6. The maximum Gasteiger partial charge on any atom is 0.200 e. The van der Waals surface area contributed by atoms with E-state index in [9.17, 15) is 8.42 Å². The van der Waals surface area contributed by atoms with Gasteiger partial charge in [-0.25, -0.2) is 13.4 Å². The van der Waals surface area contributed by atoms with Crippen LogP contribution in [-0.2, 0) is 23.4 Å². The molecule has 0 amide bonds. The van der Waals surface area contributed by atoms with Gasteiger partial charge in [-0.15, -0.1) is 0 Å². The van der Waals surface area contributed by atoms with Gasteiger partial charge in [0.2, 0.25) is 0 Å². The minimum absolute atomic E-state index is 0.100. The molecule has 0 saturated heterocycles. The number of rotatable bonds is 4. The maximum atomic E-state index is 12.3. The molecule has 120 valence electrons. The lowest BCUT2D eigenvalue weighted by Crippen LogP contribution is -2.28. The van der Waals surface area contributed by atoms with E-state index in [1.165, 1.54) is 0 Å². The van der Waals surface area contributed by atoms with Gasteiger partial charge in [0.1, 0.15) is 0 Å². The molecule has 2 rings (SSSR count). The monoisotopic (exact) mass is 322 g/mol. The van der Waals surface area contributed by atoms with Crippen molar-refractivity contribution < 1.29 is 8.42 Å². The molecule has 2 aromatic rings. The number of sulfone groups is 1. The molecule has 0 spiro atoms. The number of nitrogens with zero attached hydrogens (tertiary/aromatic N) is 3. The zero-order valence-corrected chi connectivity index (χ0v) is 14.4. The SMILES string of the molecule is Cc1c(CNc2ccc(S(=O)(=O)C(C)(C)C)nc2)cnn1C. The summed E-state index contributed by atoms with van der Waals surface area (Å²) in [7, 11) is -1.52. The first-order valence-corrected chi connectivity index (χ1v) is 8.53. The predicted octanol–water partition coefficient (Wildman–Crippen LogP) is 2.31. The Morgan fingerprint density at radius 3 is 2.36 bits per heavy atom. The molecule has 0 aromatic carbocycles. The maximum absolute atomic E-state index is 12.3. The fourth-order valence-electron chi connectivity index (χ4n) is 1.87. The van der Waals surface area contributed by atoms with E-state index < -0.39 is 14.6 Å². The van der Waals surface area contributed by atoms with E-state index >= 15 is 0 Å². The van der Waals surface area contributed by atoms with Crippen LogP contribution in [0.3, 0.4) is 0 Å². The smallest absolute Gasteiger partial charge is 0.200 e. The van der Waals surface area contributed by atoms with Crippen LogP contribution >= 0.6 is 0 Å². The van der Waals surface area contributed by atoms with Gasteiger partial charge in [-0.3, -0.25) is 4.68 Å². The Labute approximate surface area is 131 Å². The molecule has 2 heterocycles. The molecule has 0 fully saturated rings. The van der Waals surface area contributed by atoms with Crippen molar-refractivity contribution >= 4 is 15.5 Å². The minimum atomic E-state index is -3.42. The summed E-state index contributed by atoms with van der Waals surface area (Å²) in [6, 6.07) is 3.27. The van der Waals surface area contributed by atoms with Crippen LogP contribution in [-0.4, -0.2) is 27.9 Å². The van der Waals surface area contributed by atoms with Gasteiger partial charge in [-0.2, -0.15) is 5.10 Å². The number of aryl methyl sites for hydroxylation is 1. The summed E-state index contributed by atoms with van der Waals surface area (Å²) in [6.07, 6.45) is 3.36. The highest BCUT2D eigenvalue weighted by molar-refractivity contribution is 7.92. The van der Waals surface area contributed by atoms with Crippen molar-refractivity contribution in [3.8, 4) is 0 Å². The van der Waals surface area contributed by atoms with Crippen LogP contribution in [0.2, 0.25) is 0 Å². The first-order valence-electron chi connectivity index (χ1n) is 7.05. The first kappa shape index (κ1) is 16.5. The molecule has 22 heavy (non-hydrogen) atoms. The van der Waals surface area contributed by atoms with E-state index in [-0.39, 0.29) is 5.03 Å². The number of hydrogen-bond donors (Lipinski definition) is 1. The zero-order chi connectivity index (χ0) is 16.5. The topological polar surface area (TPSA) is 76.9 Å². The zero-order valence-electron chi connectivity index (χ0n) is 13.6. The van der Waals surface area contributed by atoms with E-state index in [1.54, 1.807) is 39.1 Å². The van der Waals surface area contributed by atoms with Crippen molar-refractivity contribution in [2.24, 2.45) is 7.05 Å². The lowest BCUT2D eigenvalue weighted by molar-refractivity contribution is 0.556. The van der Waals surface area contributed by atoms with Crippen LogP contribution < -0.4 is 5.32 Å². The molecule has 0 atom stereocenters. The van der Waals surface area contributed by atoms with Crippen LogP contribution in [0, 0.1) is 6.92 Å². The fraction of sp³-hybridized carbons (Fsp3) is 0.467. The highest BCUT2D eigenvalue weighted by Crippen LogP contribution is 2.23. The van der Waals surface area contributed by atoms with E-state index in [1.807, 2.05) is 24.9 Å². The third kappa shape index (κ3) is 3.14. The molecule has 2 aromatic heterocycles. The molecule has 0 aliphatic rings. The van der Waals surface area contributed by atoms with E-state index in [0.717, 1.165) is 16.9 Å². The second-order valence-corrected chi connectivity index (χ2v) is 8.88. The van der Waals surface area contributed by atoms with E-state index in [0.29, 0.717) is 6.54 Å². The molecule has 7 heteroatoms. The number of nitrogens with one attached hydrogen (secondary N) is 1. The van der Waals surface area contributed by atoms with Gasteiger partial charge in [0.15, 0.2) is 14.9 Å². The highest BCUT2D eigenvalue weighted by Gasteiger charge is 2.31. The third-order valence-electron chi connectivity index (χ3n) is 3.64. The minimum Gasteiger partial charge on any atom is -0.380 e. The van der Waals surface area contributed by atoms with Crippen LogP contribution in [0.25, 0.3) is 0 Å². The van der Waals surface area contributed by atoms with Crippen molar-refractivity contribution in [1.82, 2.24) is 14.8 Å².